The second-order valence-corrected chi connectivity index (χ2v) is 4.02. The van der Waals surface area contributed by atoms with Gasteiger partial charge >= 0.3 is 5.69 Å². The molecule has 6 nitrogen and oxygen atoms in total. The Labute approximate surface area is 94.7 Å². The van der Waals surface area contributed by atoms with E-state index in [0.29, 0.717) is 28.7 Å². The van der Waals surface area contributed by atoms with Crippen molar-refractivity contribution in [3.05, 3.63) is 34.1 Å². The summed E-state index contributed by atoms with van der Waals surface area (Å²) in [6.07, 6.45) is 0.651. The maximum Gasteiger partial charge on any atom is 0.343 e. The topological polar surface area (TPSA) is 80.9 Å². The number of aromatic amines is 1. The number of hydrogen-bond acceptors (Lipinski definition) is 5. The highest BCUT2D eigenvalue weighted by Gasteiger charge is 2.07. The average molecular weight is 239 g/mol. The number of furan rings is 1. The average Bonchev–Trinajstić information content (AvgIpc) is 2.86. The molecule has 0 saturated carbocycles. The van der Waals surface area contributed by atoms with E-state index >= 15 is 0 Å². The Balaban J connectivity index is 2.04. The number of hydrogen-bond donors (Lipinski definition) is 1. The summed E-state index contributed by atoms with van der Waals surface area (Å²) < 4.78 is 6.60. The van der Waals surface area contributed by atoms with Gasteiger partial charge in [-0.2, -0.15) is 0 Å². The fourth-order valence-corrected chi connectivity index (χ4v) is 1.95. The number of aromatic nitrogens is 3. The van der Waals surface area contributed by atoms with Crippen LogP contribution < -0.4 is 5.69 Å². The number of nitrogens with one attached hydrogen (secondary N) is 1. The van der Waals surface area contributed by atoms with Crippen molar-refractivity contribution in [1.82, 2.24) is 14.8 Å². The number of thioether (sulfide) groups is 1. The third-order valence-corrected chi connectivity index (χ3v) is 3.03. The molecule has 2 rings (SSSR count). The minimum absolute atomic E-state index is 0.254. The second-order valence-electron chi connectivity index (χ2n) is 3.08. The lowest BCUT2D eigenvalue weighted by atomic mass is 10.4. The van der Waals surface area contributed by atoms with Crippen LogP contribution in [0.15, 0.2) is 26.5 Å². The molecule has 0 fully saturated rings. The van der Waals surface area contributed by atoms with Gasteiger partial charge in [-0.3, -0.25) is 9.36 Å². The molecule has 0 saturated heterocycles. The van der Waals surface area contributed by atoms with E-state index in [1.165, 1.54) is 16.3 Å². The highest BCUT2D eigenvalue weighted by molar-refractivity contribution is 7.98. The molecular weight excluding hydrogens is 230 g/mol. The van der Waals surface area contributed by atoms with Crippen LogP contribution >= 0.6 is 11.8 Å². The Morgan fingerprint density at radius 1 is 1.62 bits per heavy atom. The van der Waals surface area contributed by atoms with Gasteiger partial charge in [-0.1, -0.05) is 11.8 Å². The predicted molar refractivity (Wildman–Crippen MR) is 57.5 cm³/mol. The second kappa shape index (κ2) is 4.40. The molecule has 84 valence electrons. The lowest BCUT2D eigenvalue weighted by Crippen LogP contribution is -2.12. The largest absolute Gasteiger partial charge is 0.457 e. The van der Waals surface area contributed by atoms with Crippen LogP contribution in [0.4, 0.5) is 0 Å². The minimum Gasteiger partial charge on any atom is -0.457 e. The lowest BCUT2D eigenvalue weighted by Gasteiger charge is -1.96. The molecule has 0 aromatic carbocycles. The van der Waals surface area contributed by atoms with Crippen molar-refractivity contribution in [2.24, 2.45) is 7.05 Å². The monoisotopic (exact) mass is 239 g/mol. The van der Waals surface area contributed by atoms with Crippen molar-refractivity contribution in [3.8, 4) is 0 Å². The SMILES string of the molecule is Cn1c(SCc2ccc(C=O)o2)n[nH]c1=O. The normalized spacial score (nSPS) is 10.6. The Morgan fingerprint density at radius 2 is 2.44 bits per heavy atom. The highest BCUT2D eigenvalue weighted by atomic mass is 32.2. The van der Waals surface area contributed by atoms with Crippen molar-refractivity contribution in [3.63, 3.8) is 0 Å². The number of carbonyl (C=O) groups excluding carboxylic acids is 1. The molecule has 0 amide bonds. The van der Waals surface area contributed by atoms with E-state index in [9.17, 15) is 9.59 Å². The molecule has 16 heavy (non-hydrogen) atoms. The molecular formula is C9H9N3O3S. The van der Waals surface area contributed by atoms with E-state index in [0.717, 1.165) is 0 Å². The van der Waals surface area contributed by atoms with Crippen molar-refractivity contribution < 1.29 is 9.21 Å². The molecule has 0 aliphatic rings. The van der Waals surface area contributed by atoms with E-state index in [-0.39, 0.29) is 5.69 Å². The molecule has 0 radical (unpaired) electrons. The van der Waals surface area contributed by atoms with E-state index in [1.54, 1.807) is 19.2 Å². The van der Waals surface area contributed by atoms with Gasteiger partial charge in [0.1, 0.15) is 5.76 Å². The molecule has 0 aliphatic heterocycles. The summed E-state index contributed by atoms with van der Waals surface area (Å²) in [4.78, 5) is 21.5. The summed E-state index contributed by atoms with van der Waals surface area (Å²) in [6.45, 7) is 0. The van der Waals surface area contributed by atoms with Gasteiger partial charge in [0, 0.05) is 7.05 Å². The van der Waals surface area contributed by atoms with Crippen LogP contribution in [0.3, 0.4) is 0 Å². The molecule has 0 unspecified atom stereocenters. The molecule has 2 heterocycles. The number of rotatable bonds is 4. The highest BCUT2D eigenvalue weighted by Crippen LogP contribution is 2.19. The molecule has 2 aromatic rings. The standard InChI is InChI=1S/C9H9N3O3S/c1-12-8(14)10-11-9(12)16-5-7-3-2-6(4-13)15-7/h2-4H,5H2,1H3,(H,10,14). The number of carbonyl (C=O) groups is 1. The smallest absolute Gasteiger partial charge is 0.343 e. The summed E-state index contributed by atoms with van der Waals surface area (Å²) in [5.41, 5.74) is -0.254. The molecule has 1 N–H and O–H groups in total. The molecule has 0 spiro atoms. The van der Waals surface area contributed by atoms with Gasteiger partial charge in [0.2, 0.25) is 0 Å². The first-order valence-corrected chi connectivity index (χ1v) is 5.47. The zero-order valence-electron chi connectivity index (χ0n) is 8.47. The van der Waals surface area contributed by atoms with E-state index in [1.807, 2.05) is 0 Å². The molecule has 2 aromatic heterocycles. The van der Waals surface area contributed by atoms with Gasteiger partial charge in [-0.15, -0.1) is 5.10 Å². The zero-order chi connectivity index (χ0) is 11.5. The Bertz CT molecular complexity index is 554. The number of nitrogens with zero attached hydrogens (tertiary/aromatic N) is 2. The van der Waals surface area contributed by atoms with Gasteiger partial charge in [-0.25, -0.2) is 9.89 Å². The summed E-state index contributed by atoms with van der Waals surface area (Å²) in [5.74, 6) is 1.49. The summed E-state index contributed by atoms with van der Waals surface area (Å²) in [5, 5.41) is 6.75. The Morgan fingerprint density at radius 3 is 3.00 bits per heavy atom. The third kappa shape index (κ3) is 2.08. The fraction of sp³-hybridized carbons (Fsp3) is 0.222. The van der Waals surface area contributed by atoms with E-state index < -0.39 is 0 Å². The van der Waals surface area contributed by atoms with Gasteiger partial charge in [0.05, 0.1) is 5.75 Å². The van der Waals surface area contributed by atoms with Crippen LogP contribution in [0.2, 0.25) is 0 Å². The van der Waals surface area contributed by atoms with Gasteiger partial charge in [0.25, 0.3) is 0 Å². The minimum atomic E-state index is -0.254. The molecule has 0 aliphatic carbocycles. The molecule has 0 atom stereocenters. The maximum absolute atomic E-state index is 11.1. The van der Waals surface area contributed by atoms with Crippen molar-refractivity contribution in [2.75, 3.05) is 0 Å². The summed E-state index contributed by atoms with van der Waals surface area (Å²) >= 11 is 1.36. The van der Waals surface area contributed by atoms with Crippen LogP contribution in [0.5, 0.6) is 0 Å². The lowest BCUT2D eigenvalue weighted by molar-refractivity contribution is 0.109. The van der Waals surface area contributed by atoms with Crippen molar-refractivity contribution in [2.45, 2.75) is 10.9 Å². The third-order valence-electron chi connectivity index (χ3n) is 1.98. The maximum atomic E-state index is 11.1. The van der Waals surface area contributed by atoms with Gasteiger partial charge in [0.15, 0.2) is 17.2 Å². The molecule has 0 bridgehead atoms. The van der Waals surface area contributed by atoms with E-state index in [4.69, 9.17) is 4.42 Å². The Hall–Kier alpha value is -1.76. The fourth-order valence-electron chi connectivity index (χ4n) is 1.13. The first kappa shape index (κ1) is 10.7. The van der Waals surface area contributed by atoms with Crippen molar-refractivity contribution in [1.29, 1.82) is 0 Å². The van der Waals surface area contributed by atoms with Crippen LogP contribution in [0, 0.1) is 0 Å². The number of H-pyrrole nitrogens is 1. The molecule has 7 heteroatoms. The summed E-state index contributed by atoms with van der Waals surface area (Å²) in [6, 6.07) is 3.33. The van der Waals surface area contributed by atoms with E-state index in [2.05, 4.69) is 10.2 Å². The van der Waals surface area contributed by atoms with Crippen LogP contribution in [-0.4, -0.2) is 21.1 Å². The van der Waals surface area contributed by atoms with Crippen LogP contribution in [-0.2, 0) is 12.8 Å². The quantitative estimate of drug-likeness (QED) is 0.630. The Kier molecular flexibility index (Phi) is 2.95. The predicted octanol–water partition coefficient (Wildman–Crippen LogP) is 0.806. The first-order chi connectivity index (χ1) is 7.70. The summed E-state index contributed by atoms with van der Waals surface area (Å²) in [7, 11) is 1.63. The number of aldehydes is 1. The van der Waals surface area contributed by atoms with Crippen LogP contribution in [0.25, 0.3) is 0 Å². The van der Waals surface area contributed by atoms with Gasteiger partial charge < -0.3 is 4.42 Å². The van der Waals surface area contributed by atoms with Crippen LogP contribution in [0.1, 0.15) is 16.3 Å². The zero-order valence-corrected chi connectivity index (χ0v) is 9.28. The van der Waals surface area contributed by atoms with Crippen molar-refractivity contribution >= 4 is 18.0 Å². The first-order valence-electron chi connectivity index (χ1n) is 4.49. The van der Waals surface area contributed by atoms with Gasteiger partial charge in [-0.05, 0) is 12.1 Å².